The van der Waals surface area contributed by atoms with Crippen LogP contribution in [0, 0.1) is 0 Å². The van der Waals surface area contributed by atoms with Crippen LogP contribution >= 0.6 is 23.2 Å². The van der Waals surface area contributed by atoms with Crippen LogP contribution in [0.3, 0.4) is 0 Å². The van der Waals surface area contributed by atoms with Gasteiger partial charge in [0.2, 0.25) is 5.91 Å². The Kier molecular flexibility index (Phi) is 6.89. The summed E-state index contributed by atoms with van der Waals surface area (Å²) in [5.74, 6) is -3.47. The van der Waals surface area contributed by atoms with Gasteiger partial charge in [-0.1, -0.05) is 29.3 Å². The Morgan fingerprint density at radius 3 is 2.21 bits per heavy atom. The number of carbonyl (C=O) groups is 2. The molecule has 3 aliphatic carbocycles. The number of primary amides is 1. The average Bonchev–Trinajstić information content (AvgIpc) is 2.86. The zero-order valence-electron chi connectivity index (χ0n) is 23.5. The Morgan fingerprint density at radius 2 is 1.67 bits per heavy atom. The molecule has 13 heteroatoms. The molecule has 0 heterocycles. The van der Waals surface area contributed by atoms with Crippen LogP contribution in [0.5, 0.6) is 5.75 Å². The van der Waals surface area contributed by atoms with Crippen LogP contribution < -0.4 is 22.1 Å². The SMILES string of the molecule is CN(C)c1cc(-c2ccc(Cl)c(Cl)c2)c(O)c2c1C[C@]1(N)C[C@]3(N)[C@@H](N(C)C)C(O)=C(C(N)=O)C[C@]3(O)C(=O)C1=C2O. The number of aliphatic hydroxyl groups is 3. The van der Waals surface area contributed by atoms with Crippen molar-refractivity contribution in [2.75, 3.05) is 33.1 Å². The van der Waals surface area contributed by atoms with E-state index in [0.717, 1.165) is 0 Å². The van der Waals surface area contributed by atoms with Crippen LogP contribution in [0.25, 0.3) is 16.9 Å². The van der Waals surface area contributed by atoms with Gasteiger partial charge in [-0.3, -0.25) is 14.5 Å². The van der Waals surface area contributed by atoms with E-state index in [-0.39, 0.29) is 40.3 Å². The molecule has 0 unspecified atom stereocenters. The predicted octanol–water partition coefficient (Wildman–Crippen LogP) is 1.99. The molecule has 0 aromatic heterocycles. The Hall–Kier alpha value is -3.32. The third-order valence-electron chi connectivity index (χ3n) is 8.84. The molecule has 2 aromatic carbocycles. The Bertz CT molecular complexity index is 1640. The van der Waals surface area contributed by atoms with E-state index in [4.69, 9.17) is 40.4 Å². The lowest BCUT2D eigenvalue weighted by Gasteiger charge is -2.60. The van der Waals surface area contributed by atoms with Crippen molar-refractivity contribution >= 4 is 46.3 Å². The summed E-state index contributed by atoms with van der Waals surface area (Å²) in [5.41, 5.74) is 14.4. The van der Waals surface area contributed by atoms with E-state index in [0.29, 0.717) is 27.4 Å². The van der Waals surface area contributed by atoms with Crippen molar-refractivity contribution in [2.45, 2.75) is 42.0 Å². The van der Waals surface area contributed by atoms with Gasteiger partial charge in [0.05, 0.1) is 43.9 Å². The van der Waals surface area contributed by atoms with E-state index < -0.39 is 52.4 Å². The lowest BCUT2D eigenvalue weighted by Crippen LogP contribution is -2.81. The molecule has 0 aliphatic heterocycles. The van der Waals surface area contributed by atoms with Gasteiger partial charge in [0.25, 0.3) is 0 Å². The number of phenolic OH excluding ortho intramolecular Hbond substituents is 1. The largest absolute Gasteiger partial charge is 0.510 e. The summed E-state index contributed by atoms with van der Waals surface area (Å²) in [6, 6.07) is 5.29. The van der Waals surface area contributed by atoms with Crippen LogP contribution in [0.2, 0.25) is 10.0 Å². The molecule has 0 spiro atoms. The molecule has 3 aliphatic rings. The van der Waals surface area contributed by atoms with E-state index in [1.54, 1.807) is 57.4 Å². The van der Waals surface area contributed by atoms with Crippen LogP contribution in [0.15, 0.2) is 41.2 Å². The molecule has 0 saturated heterocycles. The highest BCUT2D eigenvalue weighted by molar-refractivity contribution is 6.42. The van der Waals surface area contributed by atoms with Gasteiger partial charge in [0, 0.05) is 31.8 Å². The standard InChI is InChI=1S/C29H33Cl2N5O6/c1-35(2)18-8-13(12-5-6-16(30)17(31)7-12)21(37)19-14(18)9-27(33)11-28(34)24(36(3)4)22(38)15(26(32)41)10-29(28,42)25(40)20(27)23(19)39/h5-8,24,37-39,42H,9-11,33-34H2,1-4H3,(H2,32,41)/t24-,27-,28-,29-/m0/s1. The van der Waals surface area contributed by atoms with Gasteiger partial charge in [-0.15, -0.1) is 0 Å². The number of halogens is 2. The fourth-order valence-corrected chi connectivity index (χ4v) is 7.29. The Morgan fingerprint density at radius 1 is 1.02 bits per heavy atom. The summed E-state index contributed by atoms with van der Waals surface area (Å²) in [5, 5.41) is 47.0. The Labute approximate surface area is 252 Å². The highest BCUT2D eigenvalue weighted by Crippen LogP contribution is 2.56. The molecular weight excluding hydrogens is 585 g/mol. The number of ketones is 1. The highest BCUT2D eigenvalue weighted by atomic mass is 35.5. The predicted molar refractivity (Wildman–Crippen MR) is 160 cm³/mol. The summed E-state index contributed by atoms with van der Waals surface area (Å²) >= 11 is 12.3. The topological polar surface area (TPSA) is 200 Å². The number of hydrogen-bond acceptors (Lipinski definition) is 10. The van der Waals surface area contributed by atoms with Crippen molar-refractivity contribution in [3.8, 4) is 16.9 Å². The Balaban J connectivity index is 1.80. The highest BCUT2D eigenvalue weighted by Gasteiger charge is 2.70. The van der Waals surface area contributed by atoms with Gasteiger partial charge in [0.1, 0.15) is 17.3 Å². The molecule has 1 saturated carbocycles. The first-order chi connectivity index (χ1) is 19.4. The second kappa shape index (κ2) is 9.60. The number of phenols is 1. The van der Waals surface area contributed by atoms with E-state index in [9.17, 15) is 30.0 Å². The number of nitrogens with zero attached hydrogens (tertiary/aromatic N) is 2. The minimum Gasteiger partial charge on any atom is -0.510 e. The molecule has 42 heavy (non-hydrogen) atoms. The minimum absolute atomic E-state index is 0.0340. The summed E-state index contributed by atoms with van der Waals surface area (Å²) in [4.78, 5) is 29.9. The number of Topliss-reactive ketones (excluding diaryl/α,β-unsaturated/α-hetero) is 1. The fraction of sp³-hybridized carbons (Fsp3) is 0.379. The molecule has 1 amide bonds. The van der Waals surface area contributed by atoms with Gasteiger partial charge in [-0.2, -0.15) is 0 Å². The van der Waals surface area contributed by atoms with Gasteiger partial charge in [-0.05, 0) is 56.3 Å². The molecular formula is C29H33Cl2N5O6. The van der Waals surface area contributed by atoms with Crippen LogP contribution in [0.1, 0.15) is 24.0 Å². The molecule has 5 rings (SSSR count). The lowest BCUT2D eigenvalue weighted by molar-refractivity contribution is -0.156. The number of fused-ring (bicyclic) bond motifs is 3. The molecule has 224 valence electrons. The number of aliphatic hydroxyl groups excluding tert-OH is 2. The smallest absolute Gasteiger partial charge is 0.248 e. The maximum absolute atomic E-state index is 14.3. The van der Waals surface area contributed by atoms with Crippen molar-refractivity contribution in [3.05, 3.63) is 62.3 Å². The van der Waals surface area contributed by atoms with E-state index >= 15 is 0 Å². The minimum atomic E-state index is -2.48. The first kappa shape index (κ1) is 30.1. The first-order valence-electron chi connectivity index (χ1n) is 13.1. The van der Waals surface area contributed by atoms with Crippen LogP contribution in [0.4, 0.5) is 5.69 Å². The average molecular weight is 619 g/mol. The van der Waals surface area contributed by atoms with Gasteiger partial charge in [0.15, 0.2) is 11.4 Å². The molecule has 2 aromatic rings. The number of nitrogens with two attached hydrogens (primary N) is 3. The summed E-state index contributed by atoms with van der Waals surface area (Å²) in [6.45, 7) is 0. The lowest BCUT2D eigenvalue weighted by atomic mass is 9.51. The number of anilines is 1. The summed E-state index contributed by atoms with van der Waals surface area (Å²) in [6.07, 6.45) is -1.02. The maximum Gasteiger partial charge on any atom is 0.248 e. The molecule has 4 atom stereocenters. The number of benzene rings is 2. The normalized spacial score (nSPS) is 28.9. The number of likely N-dealkylation sites (N-methyl/N-ethyl adjacent to an activating group) is 1. The molecule has 10 N–H and O–H groups in total. The zero-order chi connectivity index (χ0) is 31.3. The third kappa shape index (κ3) is 3.95. The molecule has 1 fully saturated rings. The van der Waals surface area contributed by atoms with E-state index in [2.05, 4.69) is 0 Å². The van der Waals surface area contributed by atoms with Crippen LogP contribution in [-0.2, 0) is 16.0 Å². The van der Waals surface area contributed by atoms with E-state index in [1.165, 1.54) is 4.90 Å². The van der Waals surface area contributed by atoms with Crippen molar-refractivity contribution in [1.29, 1.82) is 0 Å². The van der Waals surface area contributed by atoms with E-state index in [1.807, 2.05) is 0 Å². The monoisotopic (exact) mass is 617 g/mol. The second-order valence-corrected chi connectivity index (χ2v) is 12.7. The van der Waals surface area contributed by atoms with Gasteiger partial charge >= 0.3 is 0 Å². The van der Waals surface area contributed by atoms with Crippen molar-refractivity contribution in [1.82, 2.24) is 4.90 Å². The van der Waals surface area contributed by atoms with Gasteiger partial charge < -0.3 is 42.5 Å². The summed E-state index contributed by atoms with van der Waals surface area (Å²) < 4.78 is 0. The third-order valence-corrected chi connectivity index (χ3v) is 9.58. The maximum atomic E-state index is 14.3. The number of carbonyl (C=O) groups excluding carboxylic acids is 2. The quantitative estimate of drug-likeness (QED) is 0.266. The van der Waals surface area contributed by atoms with Crippen molar-refractivity contribution in [2.24, 2.45) is 17.2 Å². The first-order valence-corrected chi connectivity index (χ1v) is 13.8. The van der Waals surface area contributed by atoms with Crippen molar-refractivity contribution < 1.29 is 30.0 Å². The fourth-order valence-electron chi connectivity index (χ4n) is 6.99. The molecule has 11 nitrogen and oxygen atoms in total. The zero-order valence-corrected chi connectivity index (χ0v) is 25.0. The molecule has 0 bridgehead atoms. The molecule has 0 radical (unpaired) electrons. The van der Waals surface area contributed by atoms with Gasteiger partial charge in [-0.25, -0.2) is 0 Å². The number of rotatable bonds is 4. The van der Waals surface area contributed by atoms with Crippen molar-refractivity contribution in [3.63, 3.8) is 0 Å². The second-order valence-electron chi connectivity index (χ2n) is 11.9. The number of amides is 1. The number of aromatic hydroxyl groups is 1. The van der Waals surface area contributed by atoms with Crippen LogP contribution in [-0.4, -0.2) is 87.9 Å². The summed E-state index contributed by atoms with van der Waals surface area (Å²) in [7, 11) is 6.69. The number of hydrogen-bond donors (Lipinski definition) is 7.